The Morgan fingerprint density at radius 1 is 1.14 bits per heavy atom. The molecule has 0 atom stereocenters. The first-order valence-corrected chi connectivity index (χ1v) is 7.59. The maximum Gasteiger partial charge on any atom is 0.263 e. The lowest BCUT2D eigenvalue weighted by Gasteiger charge is -2.18. The molecule has 22 heavy (non-hydrogen) atoms. The van der Waals surface area contributed by atoms with E-state index in [0.717, 1.165) is 41.8 Å². The molecule has 3 rings (SSSR count). The Balaban J connectivity index is 2.10. The topological polar surface area (TPSA) is 55.1 Å². The summed E-state index contributed by atoms with van der Waals surface area (Å²) >= 11 is 0. The first kappa shape index (κ1) is 14.5. The molecule has 2 aromatic heterocycles. The molecular formula is C17H20N4O. The SMILES string of the molecule is CCCCN(C)c1ncnc2onc(-c3ccc(C)cc3)c12. The fourth-order valence-electron chi connectivity index (χ4n) is 2.47. The lowest BCUT2D eigenvalue weighted by molar-refractivity contribution is 0.451. The second-order valence-electron chi connectivity index (χ2n) is 5.55. The minimum Gasteiger partial charge on any atom is -0.359 e. The second kappa shape index (κ2) is 6.13. The predicted octanol–water partition coefficient (Wildman–Crippen LogP) is 3.83. The molecule has 0 spiro atoms. The van der Waals surface area contributed by atoms with Crippen molar-refractivity contribution in [1.29, 1.82) is 0 Å². The van der Waals surface area contributed by atoms with E-state index >= 15 is 0 Å². The summed E-state index contributed by atoms with van der Waals surface area (Å²) < 4.78 is 5.40. The molecule has 0 saturated carbocycles. The quantitative estimate of drug-likeness (QED) is 0.716. The van der Waals surface area contributed by atoms with Gasteiger partial charge in [0, 0.05) is 19.2 Å². The van der Waals surface area contributed by atoms with E-state index in [0.29, 0.717) is 5.71 Å². The van der Waals surface area contributed by atoms with Crippen molar-refractivity contribution in [1.82, 2.24) is 15.1 Å². The van der Waals surface area contributed by atoms with Crippen LogP contribution in [0.15, 0.2) is 35.1 Å². The number of hydrogen-bond donors (Lipinski definition) is 0. The Labute approximate surface area is 130 Å². The minimum absolute atomic E-state index is 0.531. The van der Waals surface area contributed by atoms with Gasteiger partial charge >= 0.3 is 0 Å². The molecule has 0 amide bonds. The third kappa shape index (κ3) is 2.66. The highest BCUT2D eigenvalue weighted by molar-refractivity contribution is 5.97. The van der Waals surface area contributed by atoms with Gasteiger partial charge in [-0.15, -0.1) is 0 Å². The van der Waals surface area contributed by atoms with Gasteiger partial charge in [-0.3, -0.25) is 0 Å². The Hall–Kier alpha value is -2.43. The molecule has 0 aliphatic heterocycles. The van der Waals surface area contributed by atoms with Gasteiger partial charge in [-0.05, 0) is 13.3 Å². The molecule has 2 heterocycles. The zero-order chi connectivity index (χ0) is 15.5. The van der Waals surface area contributed by atoms with Gasteiger partial charge < -0.3 is 9.42 Å². The zero-order valence-electron chi connectivity index (χ0n) is 13.2. The Kier molecular flexibility index (Phi) is 4.04. The Morgan fingerprint density at radius 2 is 1.91 bits per heavy atom. The van der Waals surface area contributed by atoms with Crippen LogP contribution in [0.2, 0.25) is 0 Å². The molecular weight excluding hydrogens is 276 g/mol. The molecule has 114 valence electrons. The van der Waals surface area contributed by atoms with Gasteiger partial charge in [-0.25, -0.2) is 4.98 Å². The standard InChI is InChI=1S/C17H20N4O/c1-4-5-10-21(3)16-14-15(13-8-6-12(2)7-9-13)20-22-17(14)19-11-18-16/h6-9,11H,4-5,10H2,1-3H3. The number of aromatic nitrogens is 3. The third-order valence-corrected chi connectivity index (χ3v) is 3.79. The summed E-state index contributed by atoms with van der Waals surface area (Å²) in [6.45, 7) is 5.19. The van der Waals surface area contributed by atoms with Crippen LogP contribution in [0.4, 0.5) is 5.82 Å². The summed E-state index contributed by atoms with van der Waals surface area (Å²) in [6, 6.07) is 8.24. The third-order valence-electron chi connectivity index (χ3n) is 3.79. The van der Waals surface area contributed by atoms with E-state index < -0.39 is 0 Å². The van der Waals surface area contributed by atoms with Crippen LogP contribution in [-0.4, -0.2) is 28.7 Å². The summed E-state index contributed by atoms with van der Waals surface area (Å²) in [5, 5.41) is 5.09. The second-order valence-corrected chi connectivity index (χ2v) is 5.55. The van der Waals surface area contributed by atoms with Crippen molar-refractivity contribution < 1.29 is 4.52 Å². The average Bonchev–Trinajstić information content (AvgIpc) is 2.97. The van der Waals surface area contributed by atoms with Gasteiger partial charge in [-0.1, -0.05) is 48.3 Å². The van der Waals surface area contributed by atoms with E-state index in [-0.39, 0.29) is 0 Å². The molecule has 0 saturated heterocycles. The number of aryl methyl sites for hydroxylation is 1. The summed E-state index contributed by atoms with van der Waals surface area (Å²) in [5.74, 6) is 0.871. The van der Waals surface area contributed by atoms with Crippen molar-refractivity contribution in [3.8, 4) is 11.3 Å². The number of fused-ring (bicyclic) bond motifs is 1. The first-order valence-electron chi connectivity index (χ1n) is 7.59. The number of unbranched alkanes of at least 4 members (excludes halogenated alkanes) is 1. The van der Waals surface area contributed by atoms with Crippen LogP contribution in [0.5, 0.6) is 0 Å². The normalized spacial score (nSPS) is 11.0. The summed E-state index contributed by atoms with van der Waals surface area (Å²) in [4.78, 5) is 10.8. The first-order chi connectivity index (χ1) is 10.7. The van der Waals surface area contributed by atoms with Crippen molar-refractivity contribution >= 4 is 16.9 Å². The number of hydrogen-bond acceptors (Lipinski definition) is 5. The molecule has 3 aromatic rings. The Bertz CT molecular complexity index is 764. The highest BCUT2D eigenvalue weighted by Gasteiger charge is 2.18. The van der Waals surface area contributed by atoms with Crippen molar-refractivity contribution in [2.45, 2.75) is 26.7 Å². The predicted molar refractivity (Wildman–Crippen MR) is 88.0 cm³/mol. The fraction of sp³-hybridized carbons (Fsp3) is 0.353. The average molecular weight is 296 g/mol. The monoisotopic (exact) mass is 296 g/mol. The summed E-state index contributed by atoms with van der Waals surface area (Å²) in [7, 11) is 2.04. The molecule has 5 heteroatoms. The Morgan fingerprint density at radius 3 is 2.64 bits per heavy atom. The van der Waals surface area contributed by atoms with E-state index in [1.54, 1.807) is 0 Å². The van der Waals surface area contributed by atoms with E-state index in [4.69, 9.17) is 4.52 Å². The molecule has 1 aromatic carbocycles. The largest absolute Gasteiger partial charge is 0.359 e. The van der Waals surface area contributed by atoms with Crippen LogP contribution in [-0.2, 0) is 0 Å². The van der Waals surface area contributed by atoms with Gasteiger partial charge in [0.2, 0.25) is 0 Å². The number of anilines is 1. The molecule has 0 fully saturated rings. The maximum absolute atomic E-state index is 5.40. The van der Waals surface area contributed by atoms with E-state index in [9.17, 15) is 0 Å². The molecule has 5 nitrogen and oxygen atoms in total. The zero-order valence-corrected chi connectivity index (χ0v) is 13.2. The molecule has 0 aliphatic rings. The molecule has 0 aliphatic carbocycles. The van der Waals surface area contributed by atoms with Crippen LogP contribution in [0.1, 0.15) is 25.3 Å². The van der Waals surface area contributed by atoms with Gasteiger partial charge in [0.1, 0.15) is 23.2 Å². The van der Waals surface area contributed by atoms with Crippen molar-refractivity contribution in [2.24, 2.45) is 0 Å². The number of benzene rings is 1. The molecule has 0 N–H and O–H groups in total. The van der Waals surface area contributed by atoms with Crippen molar-refractivity contribution in [2.75, 3.05) is 18.5 Å². The van der Waals surface area contributed by atoms with Crippen LogP contribution >= 0.6 is 0 Å². The van der Waals surface area contributed by atoms with Gasteiger partial charge in [0.25, 0.3) is 5.71 Å². The van der Waals surface area contributed by atoms with Crippen molar-refractivity contribution in [3.05, 3.63) is 36.2 Å². The minimum atomic E-state index is 0.531. The number of nitrogens with zero attached hydrogens (tertiary/aromatic N) is 4. The van der Waals surface area contributed by atoms with E-state index in [2.05, 4.69) is 58.1 Å². The highest BCUT2D eigenvalue weighted by Crippen LogP contribution is 2.32. The molecule has 0 bridgehead atoms. The molecule has 0 unspecified atom stereocenters. The van der Waals surface area contributed by atoms with Crippen LogP contribution in [0.3, 0.4) is 0 Å². The highest BCUT2D eigenvalue weighted by atomic mass is 16.5. The molecule has 0 radical (unpaired) electrons. The van der Waals surface area contributed by atoms with Crippen LogP contribution in [0.25, 0.3) is 22.4 Å². The smallest absolute Gasteiger partial charge is 0.263 e. The lowest BCUT2D eigenvalue weighted by Crippen LogP contribution is -2.19. The van der Waals surface area contributed by atoms with Crippen LogP contribution < -0.4 is 4.90 Å². The lowest BCUT2D eigenvalue weighted by atomic mass is 10.1. The van der Waals surface area contributed by atoms with E-state index in [1.807, 2.05) is 7.05 Å². The fourth-order valence-corrected chi connectivity index (χ4v) is 2.47. The summed E-state index contributed by atoms with van der Waals surface area (Å²) in [6.07, 6.45) is 3.80. The van der Waals surface area contributed by atoms with Gasteiger partial charge in [-0.2, -0.15) is 4.98 Å². The maximum atomic E-state index is 5.40. The van der Waals surface area contributed by atoms with Gasteiger partial charge in [0.05, 0.1) is 0 Å². The van der Waals surface area contributed by atoms with Crippen molar-refractivity contribution in [3.63, 3.8) is 0 Å². The van der Waals surface area contributed by atoms with Gasteiger partial charge in [0.15, 0.2) is 0 Å². The van der Waals surface area contributed by atoms with E-state index in [1.165, 1.54) is 11.9 Å². The van der Waals surface area contributed by atoms with Crippen LogP contribution in [0, 0.1) is 6.92 Å². The number of rotatable bonds is 5. The summed E-state index contributed by atoms with van der Waals surface area (Å²) in [5.41, 5.74) is 3.57.